The molecule has 1 heterocycles. The van der Waals surface area contributed by atoms with E-state index in [0.29, 0.717) is 11.8 Å². The van der Waals surface area contributed by atoms with E-state index in [2.05, 4.69) is 123 Å². The first kappa shape index (κ1) is 25.8. The highest BCUT2D eigenvalue weighted by Gasteiger charge is 2.25. The highest BCUT2D eigenvalue weighted by Crippen LogP contribution is 2.37. The molecule has 1 aliphatic heterocycles. The first-order chi connectivity index (χ1) is 17.4. The Morgan fingerprint density at radius 1 is 0.750 bits per heavy atom. The lowest BCUT2D eigenvalue weighted by Crippen LogP contribution is -2.36. The maximum Gasteiger partial charge on any atom is 0.118 e. The van der Waals surface area contributed by atoms with Gasteiger partial charge < -0.3 is 19.9 Å². The highest BCUT2D eigenvalue weighted by molar-refractivity contribution is 5.64. The molecule has 4 heteroatoms. The third-order valence-electron chi connectivity index (χ3n) is 7.11. The Morgan fingerprint density at radius 3 is 1.97 bits per heavy atom. The van der Waals surface area contributed by atoms with Gasteiger partial charge in [-0.25, -0.2) is 0 Å². The summed E-state index contributed by atoms with van der Waals surface area (Å²) < 4.78 is 5.34. The van der Waals surface area contributed by atoms with Crippen molar-refractivity contribution >= 4 is 5.69 Å². The van der Waals surface area contributed by atoms with Gasteiger partial charge in [-0.15, -0.1) is 0 Å². The monoisotopic (exact) mass is 483 g/mol. The van der Waals surface area contributed by atoms with E-state index in [0.717, 1.165) is 19.0 Å². The predicted octanol–water partition coefficient (Wildman–Crippen LogP) is 7.58. The molecule has 0 saturated carbocycles. The molecule has 4 rings (SSSR count). The number of para-hydroxylation sites is 1. The average Bonchev–Trinajstić information content (AvgIpc) is 3.36. The van der Waals surface area contributed by atoms with Crippen molar-refractivity contribution in [3.63, 3.8) is 0 Å². The van der Waals surface area contributed by atoms with Gasteiger partial charge in [-0.3, -0.25) is 0 Å². The van der Waals surface area contributed by atoms with Crippen LogP contribution in [0.2, 0.25) is 0 Å². The van der Waals surface area contributed by atoms with Crippen LogP contribution in [-0.2, 0) is 0 Å². The lowest BCUT2D eigenvalue weighted by Gasteiger charge is -2.31. The SMILES string of the molecule is COc1ccc([C@H](C)N[C@H](CN2C=CN(c3c(C(C)C)cccc3C(C)C)C2)c2ccccc2)cc1. The number of hydrogen-bond acceptors (Lipinski definition) is 4. The van der Waals surface area contributed by atoms with Gasteiger partial charge in [0, 0.05) is 30.7 Å². The standard InChI is InChI=1S/C32H41N3O/c1-23(2)29-13-10-14-30(24(3)4)32(29)35-20-19-34(22-35)21-31(27-11-8-7-9-12-27)33-25(5)26-15-17-28(36-6)18-16-26/h7-20,23-25,31,33H,21-22H2,1-6H3/t25-,31+/m0/s1. The van der Waals surface area contributed by atoms with Gasteiger partial charge in [-0.05, 0) is 53.1 Å². The fourth-order valence-corrected chi connectivity index (χ4v) is 5.04. The van der Waals surface area contributed by atoms with Gasteiger partial charge >= 0.3 is 0 Å². The molecule has 0 unspecified atom stereocenters. The van der Waals surface area contributed by atoms with E-state index in [1.54, 1.807) is 7.11 Å². The lowest BCUT2D eigenvalue weighted by molar-refractivity contribution is 0.326. The van der Waals surface area contributed by atoms with E-state index in [-0.39, 0.29) is 12.1 Å². The molecule has 0 radical (unpaired) electrons. The van der Waals surface area contributed by atoms with E-state index in [1.165, 1.54) is 27.9 Å². The van der Waals surface area contributed by atoms with E-state index in [1.807, 2.05) is 12.1 Å². The van der Waals surface area contributed by atoms with Gasteiger partial charge in [0.05, 0.1) is 19.8 Å². The van der Waals surface area contributed by atoms with E-state index in [9.17, 15) is 0 Å². The third-order valence-corrected chi connectivity index (χ3v) is 7.11. The summed E-state index contributed by atoms with van der Waals surface area (Å²) >= 11 is 0. The zero-order valence-electron chi connectivity index (χ0n) is 22.6. The number of rotatable bonds is 10. The zero-order valence-corrected chi connectivity index (χ0v) is 22.6. The smallest absolute Gasteiger partial charge is 0.118 e. The Hall–Kier alpha value is -3.24. The summed E-state index contributed by atoms with van der Waals surface area (Å²) in [6.07, 6.45) is 4.50. The van der Waals surface area contributed by atoms with Gasteiger partial charge in [-0.2, -0.15) is 0 Å². The van der Waals surface area contributed by atoms with E-state index >= 15 is 0 Å². The first-order valence-electron chi connectivity index (χ1n) is 13.1. The van der Waals surface area contributed by atoms with Crippen molar-refractivity contribution < 1.29 is 4.74 Å². The van der Waals surface area contributed by atoms with E-state index < -0.39 is 0 Å². The number of nitrogens with one attached hydrogen (secondary N) is 1. The van der Waals surface area contributed by atoms with Crippen LogP contribution in [0.15, 0.2) is 85.2 Å². The molecule has 36 heavy (non-hydrogen) atoms. The van der Waals surface area contributed by atoms with Crippen LogP contribution in [0, 0.1) is 0 Å². The van der Waals surface area contributed by atoms with Crippen molar-refractivity contribution in [2.75, 3.05) is 25.2 Å². The average molecular weight is 484 g/mol. The molecule has 1 aliphatic rings. The second-order valence-electron chi connectivity index (χ2n) is 10.4. The quantitative estimate of drug-likeness (QED) is 0.322. The minimum absolute atomic E-state index is 0.192. The van der Waals surface area contributed by atoms with Crippen LogP contribution in [0.1, 0.15) is 80.8 Å². The number of ether oxygens (including phenoxy) is 1. The van der Waals surface area contributed by atoms with Gasteiger partial charge in [0.25, 0.3) is 0 Å². The van der Waals surface area contributed by atoms with Crippen LogP contribution >= 0.6 is 0 Å². The molecule has 3 aromatic carbocycles. The molecule has 0 saturated heterocycles. The van der Waals surface area contributed by atoms with Crippen molar-refractivity contribution in [1.82, 2.24) is 10.2 Å². The van der Waals surface area contributed by atoms with Gasteiger partial charge in [0.15, 0.2) is 0 Å². The number of nitrogens with zero attached hydrogens (tertiary/aromatic N) is 2. The molecule has 0 bridgehead atoms. The zero-order chi connectivity index (χ0) is 25.7. The minimum Gasteiger partial charge on any atom is -0.497 e. The maximum atomic E-state index is 5.34. The summed E-state index contributed by atoms with van der Waals surface area (Å²) in [6.45, 7) is 13.1. The Kier molecular flexibility index (Phi) is 8.37. The Labute approximate surface area is 217 Å². The Balaban J connectivity index is 1.53. The number of anilines is 1. The summed E-state index contributed by atoms with van der Waals surface area (Å²) in [6, 6.07) is 26.3. The van der Waals surface area contributed by atoms with Crippen molar-refractivity contribution in [3.05, 3.63) is 107 Å². The molecular weight excluding hydrogens is 442 g/mol. The van der Waals surface area contributed by atoms with Crippen LogP contribution in [0.5, 0.6) is 5.75 Å². The lowest BCUT2D eigenvalue weighted by atomic mass is 9.92. The molecule has 1 N–H and O–H groups in total. The molecule has 4 nitrogen and oxygen atoms in total. The molecule has 0 spiro atoms. The van der Waals surface area contributed by atoms with Crippen molar-refractivity contribution in [2.45, 2.75) is 58.5 Å². The van der Waals surface area contributed by atoms with Crippen molar-refractivity contribution in [1.29, 1.82) is 0 Å². The first-order valence-corrected chi connectivity index (χ1v) is 13.1. The molecule has 190 valence electrons. The van der Waals surface area contributed by atoms with Crippen LogP contribution < -0.4 is 15.0 Å². The largest absolute Gasteiger partial charge is 0.497 e. The highest BCUT2D eigenvalue weighted by atomic mass is 16.5. The fourth-order valence-electron chi connectivity index (χ4n) is 5.04. The van der Waals surface area contributed by atoms with Crippen molar-refractivity contribution in [3.8, 4) is 5.75 Å². The summed E-state index contributed by atoms with van der Waals surface area (Å²) in [5.41, 5.74) is 6.76. The molecule has 0 fully saturated rings. The summed E-state index contributed by atoms with van der Waals surface area (Å²) in [5.74, 6) is 1.84. The summed E-state index contributed by atoms with van der Waals surface area (Å²) in [7, 11) is 1.71. The summed E-state index contributed by atoms with van der Waals surface area (Å²) in [4.78, 5) is 4.85. The predicted molar refractivity (Wildman–Crippen MR) is 152 cm³/mol. The third kappa shape index (κ3) is 5.93. The molecule has 2 atom stereocenters. The van der Waals surface area contributed by atoms with Crippen LogP contribution in [0.3, 0.4) is 0 Å². The van der Waals surface area contributed by atoms with Crippen LogP contribution in [0.4, 0.5) is 5.69 Å². The topological polar surface area (TPSA) is 27.7 Å². The number of methoxy groups -OCH3 is 1. The number of hydrogen-bond donors (Lipinski definition) is 1. The van der Waals surface area contributed by atoms with Gasteiger partial charge in [-0.1, -0.05) is 88.4 Å². The molecule has 3 aromatic rings. The fraction of sp³-hybridized carbons (Fsp3) is 0.375. The van der Waals surface area contributed by atoms with Crippen LogP contribution in [-0.4, -0.2) is 25.2 Å². The van der Waals surface area contributed by atoms with Gasteiger partial charge in [0.1, 0.15) is 5.75 Å². The molecule has 0 amide bonds. The van der Waals surface area contributed by atoms with E-state index in [4.69, 9.17) is 4.74 Å². The normalized spacial score (nSPS) is 15.1. The van der Waals surface area contributed by atoms with Gasteiger partial charge in [0.2, 0.25) is 0 Å². The second kappa shape index (κ2) is 11.7. The molecule has 0 aromatic heterocycles. The Morgan fingerprint density at radius 2 is 1.39 bits per heavy atom. The minimum atomic E-state index is 0.192. The molecular formula is C32H41N3O. The number of benzene rings is 3. The maximum absolute atomic E-state index is 5.34. The molecule has 0 aliphatic carbocycles. The van der Waals surface area contributed by atoms with Crippen molar-refractivity contribution in [2.24, 2.45) is 0 Å². The van der Waals surface area contributed by atoms with Crippen LogP contribution in [0.25, 0.3) is 0 Å². The summed E-state index contributed by atoms with van der Waals surface area (Å²) in [5, 5.41) is 3.89. The Bertz CT molecular complexity index is 1110. The second-order valence-corrected chi connectivity index (χ2v) is 10.4.